The summed E-state index contributed by atoms with van der Waals surface area (Å²) >= 11 is 0. The standard InChI is InChI=1S/C28H24N6O2/c1-3-26(35)34-16-21-8-7-19(13-22(21)17-34)27(36)31-23-9-6-18(2)25(14-23)33-28-30-12-10-24(32-28)20-5-4-11-29-15-20/h3-15H,1,16-17H2,2H3,(H,31,36)(H,30,32,33). The number of pyridine rings is 1. The number of hydrogen-bond donors (Lipinski definition) is 2. The second kappa shape index (κ2) is 9.79. The van der Waals surface area contributed by atoms with Gasteiger partial charge in [0.15, 0.2) is 0 Å². The fourth-order valence-corrected chi connectivity index (χ4v) is 4.07. The maximum absolute atomic E-state index is 13.0. The SMILES string of the molecule is C=CC(=O)N1Cc2ccc(C(=O)Nc3ccc(C)c(Nc4nccc(-c5cccnc5)n4)c3)cc2C1. The molecule has 178 valence electrons. The summed E-state index contributed by atoms with van der Waals surface area (Å²) in [4.78, 5) is 39.7. The second-order valence-corrected chi connectivity index (χ2v) is 8.50. The van der Waals surface area contributed by atoms with Gasteiger partial charge in [-0.1, -0.05) is 18.7 Å². The molecule has 0 bridgehead atoms. The van der Waals surface area contributed by atoms with Crippen LogP contribution in [0, 0.1) is 6.92 Å². The average Bonchev–Trinajstić information content (AvgIpc) is 3.34. The van der Waals surface area contributed by atoms with Gasteiger partial charge in [0.25, 0.3) is 5.91 Å². The van der Waals surface area contributed by atoms with E-state index < -0.39 is 0 Å². The summed E-state index contributed by atoms with van der Waals surface area (Å²) < 4.78 is 0. The Balaban J connectivity index is 1.31. The molecule has 2 amide bonds. The third-order valence-electron chi connectivity index (χ3n) is 6.03. The van der Waals surface area contributed by atoms with Crippen LogP contribution in [-0.4, -0.2) is 31.7 Å². The van der Waals surface area contributed by atoms with E-state index in [9.17, 15) is 9.59 Å². The minimum atomic E-state index is -0.226. The normalized spacial score (nSPS) is 12.1. The zero-order valence-corrected chi connectivity index (χ0v) is 19.7. The molecule has 5 rings (SSSR count). The number of anilines is 3. The number of benzene rings is 2. The molecule has 0 atom stereocenters. The highest BCUT2D eigenvalue weighted by Crippen LogP contribution is 2.27. The van der Waals surface area contributed by atoms with Crippen molar-refractivity contribution in [1.29, 1.82) is 0 Å². The van der Waals surface area contributed by atoms with Crippen LogP contribution in [0.4, 0.5) is 17.3 Å². The molecule has 0 fully saturated rings. The largest absolute Gasteiger partial charge is 0.331 e. The first-order valence-electron chi connectivity index (χ1n) is 11.5. The smallest absolute Gasteiger partial charge is 0.255 e. The van der Waals surface area contributed by atoms with E-state index in [0.717, 1.165) is 33.6 Å². The minimum Gasteiger partial charge on any atom is -0.331 e. The number of carbonyl (C=O) groups is 2. The quantitative estimate of drug-likeness (QED) is 0.385. The van der Waals surface area contributed by atoms with Gasteiger partial charge in [-0.3, -0.25) is 14.6 Å². The van der Waals surface area contributed by atoms with Gasteiger partial charge in [-0.05, 0) is 72.2 Å². The van der Waals surface area contributed by atoms with E-state index in [1.807, 2.05) is 55.5 Å². The lowest BCUT2D eigenvalue weighted by Gasteiger charge is -2.12. The molecule has 0 saturated carbocycles. The van der Waals surface area contributed by atoms with Crippen molar-refractivity contribution in [3.63, 3.8) is 0 Å². The van der Waals surface area contributed by atoms with Crippen LogP contribution in [0.3, 0.4) is 0 Å². The molecular weight excluding hydrogens is 452 g/mol. The summed E-state index contributed by atoms with van der Waals surface area (Å²) in [7, 11) is 0. The van der Waals surface area contributed by atoms with Gasteiger partial charge in [-0.2, -0.15) is 0 Å². The van der Waals surface area contributed by atoms with Crippen LogP contribution in [0.1, 0.15) is 27.0 Å². The zero-order valence-electron chi connectivity index (χ0n) is 19.7. The van der Waals surface area contributed by atoms with Gasteiger partial charge in [0, 0.05) is 54.2 Å². The lowest BCUT2D eigenvalue weighted by molar-refractivity contribution is -0.126. The Morgan fingerprint density at radius 2 is 1.89 bits per heavy atom. The molecule has 36 heavy (non-hydrogen) atoms. The summed E-state index contributed by atoms with van der Waals surface area (Å²) in [5, 5.41) is 6.21. The number of aryl methyl sites for hydroxylation is 1. The van der Waals surface area contributed by atoms with Crippen molar-refractivity contribution in [3.05, 3.63) is 108 Å². The summed E-state index contributed by atoms with van der Waals surface area (Å²) in [6.45, 7) is 6.51. The van der Waals surface area contributed by atoms with Crippen LogP contribution in [0.5, 0.6) is 0 Å². The van der Waals surface area contributed by atoms with E-state index >= 15 is 0 Å². The Labute approximate surface area is 208 Å². The van der Waals surface area contributed by atoms with Crippen LogP contribution in [-0.2, 0) is 17.9 Å². The van der Waals surface area contributed by atoms with Crippen molar-refractivity contribution in [2.75, 3.05) is 10.6 Å². The molecule has 4 aromatic rings. The van der Waals surface area contributed by atoms with Gasteiger partial charge in [0.1, 0.15) is 0 Å². The van der Waals surface area contributed by atoms with Crippen molar-refractivity contribution in [3.8, 4) is 11.3 Å². The Morgan fingerprint density at radius 3 is 2.69 bits per heavy atom. The molecule has 8 nitrogen and oxygen atoms in total. The highest BCUT2D eigenvalue weighted by atomic mass is 16.2. The highest BCUT2D eigenvalue weighted by Gasteiger charge is 2.22. The Bertz CT molecular complexity index is 1470. The second-order valence-electron chi connectivity index (χ2n) is 8.50. The molecular formula is C28H24N6O2. The van der Waals surface area contributed by atoms with E-state index in [-0.39, 0.29) is 11.8 Å². The fourth-order valence-electron chi connectivity index (χ4n) is 4.07. The monoisotopic (exact) mass is 476 g/mol. The van der Waals surface area contributed by atoms with Crippen molar-refractivity contribution < 1.29 is 9.59 Å². The number of hydrogen-bond acceptors (Lipinski definition) is 6. The van der Waals surface area contributed by atoms with E-state index in [2.05, 4.69) is 32.2 Å². The molecule has 1 aliphatic heterocycles. The minimum absolute atomic E-state index is 0.119. The number of nitrogens with one attached hydrogen (secondary N) is 2. The van der Waals surface area contributed by atoms with Gasteiger partial charge in [-0.15, -0.1) is 0 Å². The van der Waals surface area contributed by atoms with Gasteiger partial charge in [0.05, 0.1) is 5.69 Å². The average molecular weight is 477 g/mol. The van der Waals surface area contributed by atoms with Crippen LogP contribution >= 0.6 is 0 Å². The van der Waals surface area contributed by atoms with Gasteiger partial charge < -0.3 is 15.5 Å². The molecule has 3 heterocycles. The number of amides is 2. The van der Waals surface area contributed by atoms with Crippen molar-refractivity contribution in [2.24, 2.45) is 0 Å². The summed E-state index contributed by atoms with van der Waals surface area (Å²) in [5.41, 5.74) is 6.59. The third-order valence-corrected chi connectivity index (χ3v) is 6.03. The maximum Gasteiger partial charge on any atom is 0.255 e. The van der Waals surface area contributed by atoms with Gasteiger partial charge >= 0.3 is 0 Å². The van der Waals surface area contributed by atoms with E-state index in [0.29, 0.717) is 30.3 Å². The van der Waals surface area contributed by atoms with Crippen molar-refractivity contribution in [1.82, 2.24) is 19.9 Å². The van der Waals surface area contributed by atoms with Crippen LogP contribution in [0.15, 0.2) is 85.8 Å². The first kappa shape index (κ1) is 22.9. The fraction of sp³-hybridized carbons (Fsp3) is 0.107. The molecule has 2 N–H and O–H groups in total. The van der Waals surface area contributed by atoms with E-state index in [1.165, 1.54) is 6.08 Å². The molecule has 0 saturated heterocycles. The molecule has 0 aliphatic carbocycles. The first-order valence-corrected chi connectivity index (χ1v) is 11.5. The van der Waals surface area contributed by atoms with Crippen LogP contribution in [0.25, 0.3) is 11.3 Å². The molecule has 0 radical (unpaired) electrons. The molecule has 2 aromatic carbocycles. The van der Waals surface area contributed by atoms with Crippen molar-refractivity contribution >= 4 is 29.1 Å². The third kappa shape index (κ3) is 4.83. The molecule has 2 aromatic heterocycles. The molecule has 0 unspecified atom stereocenters. The topological polar surface area (TPSA) is 100 Å². The first-order chi connectivity index (χ1) is 17.5. The van der Waals surface area contributed by atoms with E-state index in [4.69, 9.17) is 0 Å². The Kier molecular flexibility index (Phi) is 6.23. The number of fused-ring (bicyclic) bond motifs is 1. The summed E-state index contributed by atoms with van der Waals surface area (Å²) in [6.07, 6.45) is 6.47. The van der Waals surface area contributed by atoms with E-state index in [1.54, 1.807) is 29.6 Å². The van der Waals surface area contributed by atoms with Gasteiger partial charge in [0.2, 0.25) is 11.9 Å². The Hall–Kier alpha value is -4.85. The molecule has 1 aliphatic rings. The molecule has 8 heteroatoms. The molecule has 0 spiro atoms. The highest BCUT2D eigenvalue weighted by molar-refractivity contribution is 6.04. The number of nitrogens with zero attached hydrogens (tertiary/aromatic N) is 4. The number of carbonyl (C=O) groups excluding carboxylic acids is 2. The summed E-state index contributed by atoms with van der Waals surface area (Å²) in [6, 6.07) is 16.8. The predicted octanol–water partition coefficient (Wildman–Crippen LogP) is 4.87. The number of rotatable bonds is 6. The maximum atomic E-state index is 13.0. The van der Waals surface area contributed by atoms with Gasteiger partial charge in [-0.25, -0.2) is 9.97 Å². The lowest BCUT2D eigenvalue weighted by atomic mass is 10.1. The van der Waals surface area contributed by atoms with Crippen molar-refractivity contribution in [2.45, 2.75) is 20.0 Å². The van der Waals surface area contributed by atoms with Crippen LogP contribution < -0.4 is 10.6 Å². The zero-order chi connectivity index (χ0) is 25.1. The lowest BCUT2D eigenvalue weighted by Crippen LogP contribution is -2.22. The van der Waals surface area contributed by atoms with Crippen LogP contribution in [0.2, 0.25) is 0 Å². The Morgan fingerprint density at radius 1 is 1.03 bits per heavy atom. The predicted molar refractivity (Wildman–Crippen MR) is 139 cm³/mol. The summed E-state index contributed by atoms with van der Waals surface area (Å²) in [5.74, 6) is 0.0999. The number of aromatic nitrogens is 3.